The van der Waals surface area contributed by atoms with Gasteiger partial charge in [0.15, 0.2) is 0 Å². The summed E-state index contributed by atoms with van der Waals surface area (Å²) in [5.74, 6) is 1.31. The van der Waals surface area contributed by atoms with Crippen LogP contribution in [0.1, 0.15) is 19.3 Å². The van der Waals surface area contributed by atoms with Gasteiger partial charge in [0.05, 0.1) is 0 Å². The SMILES string of the molecule is C=C1CCC2=C1SCC2. The van der Waals surface area contributed by atoms with Crippen LogP contribution >= 0.6 is 11.8 Å². The monoisotopic (exact) mass is 138 g/mol. The highest BCUT2D eigenvalue weighted by Gasteiger charge is 2.22. The minimum absolute atomic E-state index is 1.23. The maximum absolute atomic E-state index is 4.02. The van der Waals surface area contributed by atoms with Crippen molar-refractivity contribution < 1.29 is 0 Å². The van der Waals surface area contributed by atoms with Crippen molar-refractivity contribution in [1.29, 1.82) is 0 Å². The number of hydrogen-bond donors (Lipinski definition) is 0. The van der Waals surface area contributed by atoms with Crippen molar-refractivity contribution in [2.75, 3.05) is 5.75 Å². The van der Waals surface area contributed by atoms with Crippen LogP contribution in [0.25, 0.3) is 0 Å². The molecule has 0 radical (unpaired) electrons. The second-order valence-electron chi connectivity index (χ2n) is 2.63. The smallest absolute Gasteiger partial charge is 0.00907 e. The van der Waals surface area contributed by atoms with Gasteiger partial charge in [0, 0.05) is 10.7 Å². The maximum atomic E-state index is 4.02. The summed E-state index contributed by atoms with van der Waals surface area (Å²) < 4.78 is 0. The molecule has 1 heteroatoms. The summed E-state index contributed by atoms with van der Waals surface area (Å²) in [5, 5.41) is 0. The molecule has 9 heavy (non-hydrogen) atoms. The quantitative estimate of drug-likeness (QED) is 0.496. The molecule has 0 aromatic heterocycles. The number of hydrogen-bond acceptors (Lipinski definition) is 1. The lowest BCUT2D eigenvalue weighted by molar-refractivity contribution is 0.952. The molecule has 0 amide bonds. The second-order valence-corrected chi connectivity index (χ2v) is 3.74. The summed E-state index contributed by atoms with van der Waals surface area (Å²) in [5.41, 5.74) is 3.08. The lowest BCUT2D eigenvalue weighted by Gasteiger charge is -1.95. The first-order chi connectivity index (χ1) is 4.38. The average molecular weight is 138 g/mol. The summed E-state index contributed by atoms with van der Waals surface area (Å²) in [6.07, 6.45) is 3.87. The number of rotatable bonds is 0. The van der Waals surface area contributed by atoms with Gasteiger partial charge >= 0.3 is 0 Å². The standard InChI is InChI=1S/C8H10S/c1-6-2-3-7-4-5-9-8(6)7/h1-5H2. The van der Waals surface area contributed by atoms with Gasteiger partial charge in [-0.05, 0) is 24.8 Å². The van der Waals surface area contributed by atoms with Crippen LogP contribution in [0, 0.1) is 0 Å². The molecule has 0 nitrogen and oxygen atoms in total. The molecule has 0 bridgehead atoms. The van der Waals surface area contributed by atoms with Crippen molar-refractivity contribution in [3.05, 3.63) is 22.6 Å². The van der Waals surface area contributed by atoms with Crippen LogP contribution in [0.4, 0.5) is 0 Å². The third-order valence-corrected chi connectivity index (χ3v) is 3.30. The number of allylic oxidation sites excluding steroid dienone is 2. The first-order valence-electron chi connectivity index (χ1n) is 3.41. The van der Waals surface area contributed by atoms with E-state index in [1.54, 1.807) is 10.5 Å². The van der Waals surface area contributed by atoms with E-state index in [0.29, 0.717) is 0 Å². The van der Waals surface area contributed by atoms with E-state index < -0.39 is 0 Å². The van der Waals surface area contributed by atoms with E-state index in [0.717, 1.165) is 0 Å². The fraction of sp³-hybridized carbons (Fsp3) is 0.500. The molecule has 1 aliphatic carbocycles. The summed E-state index contributed by atoms with van der Waals surface area (Å²) in [7, 11) is 0. The number of thioether (sulfide) groups is 1. The maximum Gasteiger partial charge on any atom is 0.00907 e. The fourth-order valence-corrected chi connectivity index (χ4v) is 2.76. The molecule has 0 fully saturated rings. The van der Waals surface area contributed by atoms with E-state index in [1.165, 1.54) is 30.6 Å². The predicted octanol–water partition coefficient (Wildman–Crippen LogP) is 2.73. The van der Waals surface area contributed by atoms with Crippen molar-refractivity contribution in [3.8, 4) is 0 Å². The third-order valence-electron chi connectivity index (χ3n) is 2.02. The van der Waals surface area contributed by atoms with Crippen LogP contribution in [0.3, 0.4) is 0 Å². The molecule has 0 unspecified atom stereocenters. The van der Waals surface area contributed by atoms with Gasteiger partial charge in [-0.2, -0.15) is 0 Å². The lowest BCUT2D eigenvalue weighted by Crippen LogP contribution is -1.75. The van der Waals surface area contributed by atoms with Gasteiger partial charge in [-0.25, -0.2) is 0 Å². The molecular formula is C8H10S. The van der Waals surface area contributed by atoms with E-state index in [9.17, 15) is 0 Å². The normalized spacial score (nSPS) is 25.6. The van der Waals surface area contributed by atoms with Crippen LogP contribution in [0.2, 0.25) is 0 Å². The lowest BCUT2D eigenvalue weighted by atomic mass is 10.2. The summed E-state index contributed by atoms with van der Waals surface area (Å²) in [4.78, 5) is 1.55. The van der Waals surface area contributed by atoms with Gasteiger partial charge in [0.1, 0.15) is 0 Å². The van der Waals surface area contributed by atoms with Gasteiger partial charge in [-0.3, -0.25) is 0 Å². The van der Waals surface area contributed by atoms with Crippen molar-refractivity contribution in [2.24, 2.45) is 0 Å². The first kappa shape index (κ1) is 5.60. The molecule has 0 aromatic rings. The van der Waals surface area contributed by atoms with E-state index >= 15 is 0 Å². The van der Waals surface area contributed by atoms with Gasteiger partial charge in [-0.1, -0.05) is 12.2 Å². The zero-order valence-electron chi connectivity index (χ0n) is 5.44. The van der Waals surface area contributed by atoms with Gasteiger partial charge in [-0.15, -0.1) is 11.8 Å². The van der Waals surface area contributed by atoms with Crippen LogP contribution in [-0.2, 0) is 0 Å². The minimum Gasteiger partial charge on any atom is -0.126 e. The predicted molar refractivity (Wildman–Crippen MR) is 42.5 cm³/mol. The van der Waals surface area contributed by atoms with Gasteiger partial charge < -0.3 is 0 Å². The van der Waals surface area contributed by atoms with E-state index in [2.05, 4.69) is 6.58 Å². The van der Waals surface area contributed by atoms with E-state index in [1.807, 2.05) is 11.8 Å². The molecule has 0 spiro atoms. The third kappa shape index (κ3) is 0.751. The molecule has 2 aliphatic rings. The van der Waals surface area contributed by atoms with E-state index in [-0.39, 0.29) is 0 Å². The molecule has 0 saturated carbocycles. The zero-order valence-corrected chi connectivity index (χ0v) is 6.26. The molecule has 0 N–H and O–H groups in total. The Morgan fingerprint density at radius 1 is 1.22 bits per heavy atom. The zero-order chi connectivity index (χ0) is 6.27. The molecule has 0 saturated heterocycles. The van der Waals surface area contributed by atoms with Crippen LogP contribution in [0.15, 0.2) is 22.6 Å². The van der Waals surface area contributed by atoms with Crippen molar-refractivity contribution in [2.45, 2.75) is 19.3 Å². The summed E-state index contributed by atoms with van der Waals surface area (Å²) in [6.45, 7) is 4.02. The van der Waals surface area contributed by atoms with E-state index in [4.69, 9.17) is 0 Å². The Bertz CT molecular complexity index is 189. The molecule has 1 aliphatic heterocycles. The Morgan fingerprint density at radius 3 is 2.89 bits per heavy atom. The fourth-order valence-electron chi connectivity index (χ4n) is 1.50. The van der Waals surface area contributed by atoms with Crippen LogP contribution in [0.5, 0.6) is 0 Å². The van der Waals surface area contributed by atoms with Crippen LogP contribution in [-0.4, -0.2) is 5.75 Å². The molecule has 0 aromatic carbocycles. The highest BCUT2D eigenvalue weighted by molar-refractivity contribution is 8.03. The highest BCUT2D eigenvalue weighted by Crippen LogP contribution is 2.44. The Labute approximate surface area is 60.0 Å². The molecule has 2 rings (SSSR count). The molecular weight excluding hydrogens is 128 g/mol. The Hall–Kier alpha value is -0.170. The topological polar surface area (TPSA) is 0 Å². The Balaban J connectivity index is 2.34. The van der Waals surface area contributed by atoms with Crippen molar-refractivity contribution >= 4 is 11.8 Å². The highest BCUT2D eigenvalue weighted by atomic mass is 32.2. The molecule has 0 atom stereocenters. The molecule has 48 valence electrons. The van der Waals surface area contributed by atoms with Crippen LogP contribution < -0.4 is 0 Å². The van der Waals surface area contributed by atoms with Gasteiger partial charge in [0.2, 0.25) is 0 Å². The van der Waals surface area contributed by atoms with Gasteiger partial charge in [0.25, 0.3) is 0 Å². The minimum atomic E-state index is 1.23. The largest absolute Gasteiger partial charge is 0.126 e. The Morgan fingerprint density at radius 2 is 2.11 bits per heavy atom. The average Bonchev–Trinajstić information content (AvgIpc) is 2.35. The summed E-state index contributed by atoms with van der Waals surface area (Å²) in [6, 6.07) is 0. The Kier molecular flexibility index (Phi) is 1.19. The summed E-state index contributed by atoms with van der Waals surface area (Å²) >= 11 is 2.00. The second kappa shape index (κ2) is 1.91. The molecule has 1 heterocycles. The van der Waals surface area contributed by atoms with Crippen molar-refractivity contribution in [3.63, 3.8) is 0 Å². The first-order valence-corrected chi connectivity index (χ1v) is 4.39. The van der Waals surface area contributed by atoms with Crippen molar-refractivity contribution in [1.82, 2.24) is 0 Å².